The van der Waals surface area contributed by atoms with Crippen molar-refractivity contribution in [2.75, 3.05) is 17.7 Å². The highest BCUT2D eigenvalue weighted by atomic mass is 35.5. The second kappa shape index (κ2) is 4.20. The van der Waals surface area contributed by atoms with E-state index in [1.54, 1.807) is 0 Å². The smallest absolute Gasteiger partial charge is 0.179 e. The van der Waals surface area contributed by atoms with E-state index >= 15 is 0 Å². The first kappa shape index (κ1) is 12.0. The number of ketones is 1. The van der Waals surface area contributed by atoms with Crippen molar-refractivity contribution in [1.29, 1.82) is 0 Å². The number of Topliss-reactive ketones (excluding diaryl/α,β-unsaturated/α-hetero) is 1. The number of halogens is 1. The van der Waals surface area contributed by atoms with Crippen LogP contribution in [0.15, 0.2) is 18.2 Å². The molecule has 0 aliphatic rings. The Morgan fingerprint density at radius 2 is 2.07 bits per heavy atom. The summed E-state index contributed by atoms with van der Waals surface area (Å²) in [4.78, 5) is 11.5. The van der Waals surface area contributed by atoms with Crippen molar-refractivity contribution in [3.05, 3.63) is 28.8 Å². The molecule has 15 heavy (non-hydrogen) atoms. The molecule has 0 bridgehead atoms. The van der Waals surface area contributed by atoms with Gasteiger partial charge in [-0.15, -0.1) is 0 Å². The molecule has 1 rings (SSSR count). The third-order valence-electron chi connectivity index (χ3n) is 1.71. The summed E-state index contributed by atoms with van der Waals surface area (Å²) in [6.07, 6.45) is 0.997. The molecule has 0 unspecified atom stereocenters. The van der Waals surface area contributed by atoms with E-state index in [-0.39, 0.29) is 11.3 Å². The van der Waals surface area contributed by atoms with E-state index in [0.29, 0.717) is 5.02 Å². The number of benzene rings is 1. The number of carbonyl (C=O) groups excluding carboxylic acids is 1. The molecule has 82 valence electrons. The van der Waals surface area contributed by atoms with Crippen molar-refractivity contribution in [1.82, 2.24) is 0 Å². The van der Waals surface area contributed by atoms with Crippen LogP contribution in [-0.4, -0.2) is 26.2 Å². The molecule has 0 saturated heterocycles. The topological polar surface area (TPSA) is 77.2 Å². The Morgan fingerprint density at radius 1 is 1.47 bits per heavy atom. The van der Waals surface area contributed by atoms with E-state index in [1.165, 1.54) is 18.2 Å². The highest BCUT2D eigenvalue weighted by molar-refractivity contribution is 7.91. The molecule has 0 spiro atoms. The summed E-state index contributed by atoms with van der Waals surface area (Å²) >= 11 is 5.65. The number of nitrogen functional groups attached to an aromatic ring is 1. The molecule has 1 aromatic rings. The van der Waals surface area contributed by atoms with E-state index in [4.69, 9.17) is 17.3 Å². The Bertz CT molecular complexity index is 496. The van der Waals surface area contributed by atoms with Gasteiger partial charge in [-0.3, -0.25) is 4.79 Å². The van der Waals surface area contributed by atoms with Crippen LogP contribution in [0.1, 0.15) is 10.4 Å². The third kappa shape index (κ3) is 3.53. The molecular formula is C9H10ClNO3S. The highest BCUT2D eigenvalue weighted by Crippen LogP contribution is 2.18. The molecule has 0 fully saturated rings. The molecule has 0 atom stereocenters. The van der Waals surface area contributed by atoms with Gasteiger partial charge in [0.1, 0.15) is 5.75 Å². The Labute approximate surface area is 93.0 Å². The quantitative estimate of drug-likeness (QED) is 0.642. The highest BCUT2D eigenvalue weighted by Gasteiger charge is 2.15. The van der Waals surface area contributed by atoms with E-state index in [1.807, 2.05) is 0 Å². The monoisotopic (exact) mass is 247 g/mol. The van der Waals surface area contributed by atoms with Crippen molar-refractivity contribution in [3.63, 3.8) is 0 Å². The van der Waals surface area contributed by atoms with Gasteiger partial charge in [0.2, 0.25) is 0 Å². The summed E-state index contributed by atoms with van der Waals surface area (Å²) in [5.74, 6) is -1.06. The first-order valence-electron chi connectivity index (χ1n) is 4.05. The molecule has 0 aliphatic carbocycles. The van der Waals surface area contributed by atoms with E-state index in [0.717, 1.165) is 6.26 Å². The minimum atomic E-state index is -3.34. The first-order chi connectivity index (χ1) is 6.79. The van der Waals surface area contributed by atoms with Crippen molar-refractivity contribution >= 4 is 32.9 Å². The molecular weight excluding hydrogens is 238 g/mol. The van der Waals surface area contributed by atoms with Gasteiger partial charge in [0.05, 0.1) is 0 Å². The fourth-order valence-electron chi connectivity index (χ4n) is 1.10. The minimum absolute atomic E-state index is 0.185. The predicted octanol–water partition coefficient (Wildman–Crippen LogP) is 1.15. The lowest BCUT2D eigenvalue weighted by molar-refractivity contribution is 0.102. The second-order valence-electron chi connectivity index (χ2n) is 3.22. The normalized spacial score (nSPS) is 11.3. The third-order valence-corrected chi connectivity index (χ3v) is 2.73. The summed E-state index contributed by atoms with van der Waals surface area (Å²) < 4.78 is 21.8. The van der Waals surface area contributed by atoms with Gasteiger partial charge in [-0.2, -0.15) is 0 Å². The maximum Gasteiger partial charge on any atom is 0.179 e. The number of hydrogen-bond acceptors (Lipinski definition) is 4. The van der Waals surface area contributed by atoms with Crippen LogP contribution in [0, 0.1) is 0 Å². The number of hydrogen-bond donors (Lipinski definition) is 1. The lowest BCUT2D eigenvalue weighted by atomic mass is 10.1. The summed E-state index contributed by atoms with van der Waals surface area (Å²) in [7, 11) is -3.34. The predicted molar refractivity (Wildman–Crippen MR) is 59.9 cm³/mol. The molecule has 2 N–H and O–H groups in total. The second-order valence-corrected chi connectivity index (χ2v) is 5.80. The fraction of sp³-hybridized carbons (Fsp3) is 0.222. The van der Waals surface area contributed by atoms with Crippen molar-refractivity contribution in [3.8, 4) is 0 Å². The van der Waals surface area contributed by atoms with Crippen LogP contribution >= 0.6 is 11.6 Å². The zero-order chi connectivity index (χ0) is 11.6. The zero-order valence-electron chi connectivity index (χ0n) is 8.03. The number of rotatable bonds is 3. The van der Waals surface area contributed by atoms with E-state index < -0.39 is 21.4 Å². The first-order valence-corrected chi connectivity index (χ1v) is 6.49. The van der Waals surface area contributed by atoms with Gasteiger partial charge in [0.25, 0.3) is 0 Å². The fourth-order valence-corrected chi connectivity index (χ4v) is 1.92. The molecule has 1 aromatic carbocycles. The van der Waals surface area contributed by atoms with Crippen LogP contribution in [0.25, 0.3) is 0 Å². The van der Waals surface area contributed by atoms with Gasteiger partial charge in [0.15, 0.2) is 15.6 Å². The zero-order valence-corrected chi connectivity index (χ0v) is 9.60. The van der Waals surface area contributed by atoms with E-state index in [9.17, 15) is 13.2 Å². The number of carbonyl (C=O) groups is 1. The van der Waals surface area contributed by atoms with Crippen LogP contribution < -0.4 is 5.73 Å². The van der Waals surface area contributed by atoms with Crippen LogP contribution in [0.4, 0.5) is 5.69 Å². The van der Waals surface area contributed by atoms with Crippen molar-refractivity contribution < 1.29 is 13.2 Å². The summed E-state index contributed by atoms with van der Waals surface area (Å²) in [5.41, 5.74) is 5.92. The van der Waals surface area contributed by atoms with Crippen molar-refractivity contribution in [2.45, 2.75) is 0 Å². The lowest BCUT2D eigenvalue weighted by Crippen LogP contribution is -2.15. The molecule has 0 heterocycles. The average molecular weight is 248 g/mol. The summed E-state index contributed by atoms with van der Waals surface area (Å²) in [6.45, 7) is 0. The van der Waals surface area contributed by atoms with Gasteiger partial charge in [-0.25, -0.2) is 8.42 Å². The molecule has 0 radical (unpaired) electrons. The Kier molecular flexibility index (Phi) is 3.36. The summed E-state index contributed by atoms with van der Waals surface area (Å²) in [5, 5.41) is 0.406. The van der Waals surface area contributed by atoms with Crippen LogP contribution in [-0.2, 0) is 9.84 Å². The van der Waals surface area contributed by atoms with Gasteiger partial charge >= 0.3 is 0 Å². The largest absolute Gasteiger partial charge is 0.398 e. The minimum Gasteiger partial charge on any atom is -0.398 e. The van der Waals surface area contributed by atoms with Gasteiger partial charge < -0.3 is 5.73 Å². The maximum absolute atomic E-state index is 11.5. The SMILES string of the molecule is CS(=O)(=O)CC(=O)c1ccc(Cl)cc1N. The maximum atomic E-state index is 11.5. The van der Waals surface area contributed by atoms with Gasteiger partial charge in [0, 0.05) is 22.5 Å². The van der Waals surface area contributed by atoms with E-state index in [2.05, 4.69) is 0 Å². The lowest BCUT2D eigenvalue weighted by Gasteiger charge is -2.03. The van der Waals surface area contributed by atoms with Crippen molar-refractivity contribution in [2.24, 2.45) is 0 Å². The molecule has 4 nitrogen and oxygen atoms in total. The Hall–Kier alpha value is -1.07. The Balaban J connectivity index is 3.02. The van der Waals surface area contributed by atoms with Gasteiger partial charge in [-0.1, -0.05) is 11.6 Å². The number of nitrogens with two attached hydrogens (primary N) is 1. The molecule has 6 heteroatoms. The summed E-state index contributed by atoms with van der Waals surface area (Å²) in [6, 6.07) is 4.33. The van der Waals surface area contributed by atoms with Gasteiger partial charge in [-0.05, 0) is 18.2 Å². The molecule has 0 aromatic heterocycles. The molecule has 0 saturated carbocycles. The molecule has 0 amide bonds. The Morgan fingerprint density at radius 3 is 2.53 bits per heavy atom. The molecule has 0 aliphatic heterocycles. The number of anilines is 1. The standard InChI is InChI=1S/C9H10ClNO3S/c1-15(13,14)5-9(12)7-3-2-6(10)4-8(7)11/h2-4H,5,11H2,1H3. The van der Waals surface area contributed by atoms with Crippen LogP contribution in [0.5, 0.6) is 0 Å². The van der Waals surface area contributed by atoms with Crippen LogP contribution in [0.3, 0.4) is 0 Å². The number of sulfone groups is 1. The van der Waals surface area contributed by atoms with Crippen LogP contribution in [0.2, 0.25) is 5.02 Å². The average Bonchev–Trinajstić information content (AvgIpc) is 1.99.